The highest BCUT2D eigenvalue weighted by molar-refractivity contribution is 6.04. The predicted molar refractivity (Wildman–Crippen MR) is 182 cm³/mol. The molecule has 0 aliphatic carbocycles. The van der Waals surface area contributed by atoms with E-state index >= 15 is 0 Å². The Kier molecular flexibility index (Phi) is 14.5. The van der Waals surface area contributed by atoms with Gasteiger partial charge in [-0.15, -0.1) is 0 Å². The summed E-state index contributed by atoms with van der Waals surface area (Å²) in [5.41, 5.74) is 7.19. The van der Waals surface area contributed by atoms with Crippen molar-refractivity contribution in [2.75, 3.05) is 46.3 Å². The number of phenolic OH excluding ortho intramolecular Hbond substituents is 2. The van der Waals surface area contributed by atoms with Crippen LogP contribution in [0.15, 0.2) is 46.5 Å². The maximum atomic E-state index is 13.2. The van der Waals surface area contributed by atoms with Crippen molar-refractivity contribution in [3.05, 3.63) is 47.1 Å². The summed E-state index contributed by atoms with van der Waals surface area (Å²) in [5.74, 6) is -1.06. The van der Waals surface area contributed by atoms with Crippen molar-refractivity contribution >= 4 is 29.6 Å². The number of fused-ring (bicyclic) bond motifs is 2. The number of carbonyl (C=O) groups excluding carboxylic acids is 2. The molecule has 1 aromatic carbocycles. The van der Waals surface area contributed by atoms with Gasteiger partial charge in [0.1, 0.15) is 23.3 Å². The molecule has 1 fully saturated rings. The van der Waals surface area contributed by atoms with E-state index < -0.39 is 24.2 Å². The highest BCUT2D eigenvalue weighted by Crippen LogP contribution is 2.44. The first kappa shape index (κ1) is 37.7. The molecular formula is C35H52N4O8. The van der Waals surface area contributed by atoms with E-state index in [2.05, 4.69) is 15.2 Å². The van der Waals surface area contributed by atoms with E-state index in [1.165, 1.54) is 13.2 Å². The van der Waals surface area contributed by atoms with E-state index in [0.717, 1.165) is 25.9 Å². The van der Waals surface area contributed by atoms with Gasteiger partial charge in [0.2, 0.25) is 0 Å². The van der Waals surface area contributed by atoms with Crippen molar-refractivity contribution in [2.24, 2.45) is 22.6 Å². The van der Waals surface area contributed by atoms with Gasteiger partial charge in [0, 0.05) is 57.2 Å². The zero-order valence-corrected chi connectivity index (χ0v) is 28.7. The molecule has 2 heterocycles. The second-order valence-electron chi connectivity index (χ2n) is 12.5. The van der Waals surface area contributed by atoms with E-state index in [4.69, 9.17) is 24.7 Å². The van der Waals surface area contributed by atoms with Crippen LogP contribution < -0.4 is 11.1 Å². The van der Waals surface area contributed by atoms with Gasteiger partial charge in [-0.2, -0.15) is 0 Å². The summed E-state index contributed by atoms with van der Waals surface area (Å²) in [6.07, 6.45) is 8.44. The van der Waals surface area contributed by atoms with Crippen LogP contribution in [0.5, 0.6) is 11.5 Å². The largest absolute Gasteiger partial charge is 0.506 e. The molecule has 0 spiro atoms. The Bertz CT molecular complexity index is 1350. The number of primary amides is 1. The van der Waals surface area contributed by atoms with Crippen molar-refractivity contribution in [3.8, 4) is 11.5 Å². The quantitative estimate of drug-likeness (QED) is 0.137. The fourth-order valence-corrected chi connectivity index (χ4v) is 6.30. The summed E-state index contributed by atoms with van der Waals surface area (Å²) >= 11 is 0. The lowest BCUT2D eigenvalue weighted by atomic mass is 9.87. The number of nitrogens with two attached hydrogens (primary N) is 1. The summed E-state index contributed by atoms with van der Waals surface area (Å²) in [6, 6.07) is 1.32. The zero-order chi connectivity index (χ0) is 34.7. The maximum Gasteiger partial charge on any atom is 0.405 e. The zero-order valence-electron chi connectivity index (χ0n) is 28.7. The van der Waals surface area contributed by atoms with Crippen LogP contribution in [-0.4, -0.2) is 98.7 Å². The average molecular weight is 657 g/mol. The van der Waals surface area contributed by atoms with E-state index in [-0.39, 0.29) is 46.9 Å². The number of amides is 2. The number of carbonyl (C=O) groups is 2. The number of hydrogen-bond donors (Lipinski definition) is 4. The number of hydrogen-bond acceptors (Lipinski definition) is 10. The van der Waals surface area contributed by atoms with E-state index in [1.807, 2.05) is 26.8 Å². The predicted octanol–water partition coefficient (Wildman–Crippen LogP) is 5.01. The standard InChI is InChI=1S/C35H52N4O8/c1-21-17-25-30(37-13-16-39-14-8-9-15-39)27(40)20-26(31(25)41)38-34(42)22(2)11-10-12-28(44-5)33(47-35(36)43)24(4)19-23(3)32(46-7)29(18-21)45-6/h10-13,19-21,23,28-29,32-33,40-41H,8-9,14-18H2,1-7H3,(H2,36,43)(H,38,42)/t21-,23+,28+,29+,32-,33+/m1/s1. The first-order valence-electron chi connectivity index (χ1n) is 16.1. The Morgan fingerprint density at radius 1 is 1.13 bits per heavy atom. The molecule has 1 aromatic rings. The number of allylic oxidation sites excluding steroid dienone is 2. The van der Waals surface area contributed by atoms with Crippen LogP contribution >= 0.6 is 0 Å². The number of nitrogens with zero attached hydrogens (tertiary/aromatic N) is 2. The van der Waals surface area contributed by atoms with Gasteiger partial charge in [0.25, 0.3) is 5.91 Å². The molecule has 1 saturated heterocycles. The summed E-state index contributed by atoms with van der Waals surface area (Å²) in [4.78, 5) is 32.0. The van der Waals surface area contributed by atoms with Gasteiger partial charge in [-0.05, 0) is 64.1 Å². The molecule has 2 aliphatic heterocycles. The maximum absolute atomic E-state index is 13.2. The van der Waals surface area contributed by atoms with Crippen molar-refractivity contribution < 1.29 is 38.7 Å². The minimum Gasteiger partial charge on any atom is -0.506 e. The van der Waals surface area contributed by atoms with Crippen molar-refractivity contribution in [1.82, 2.24) is 4.90 Å². The van der Waals surface area contributed by atoms with Crippen molar-refractivity contribution in [1.29, 1.82) is 0 Å². The molecule has 47 heavy (non-hydrogen) atoms. The lowest BCUT2D eigenvalue weighted by Crippen LogP contribution is -2.38. The Morgan fingerprint density at radius 2 is 1.83 bits per heavy atom. The topological polar surface area (TPSA) is 165 Å². The minimum atomic E-state index is -0.952. The molecule has 0 aromatic heterocycles. The fourth-order valence-electron chi connectivity index (χ4n) is 6.30. The number of benzene rings is 1. The molecule has 2 bridgehead atoms. The molecular weight excluding hydrogens is 604 g/mol. The molecule has 0 radical (unpaired) electrons. The highest BCUT2D eigenvalue weighted by atomic mass is 16.6. The van der Waals surface area contributed by atoms with Gasteiger partial charge in [-0.25, -0.2) is 4.79 Å². The average Bonchev–Trinajstić information content (AvgIpc) is 3.54. The second-order valence-corrected chi connectivity index (χ2v) is 12.5. The third-order valence-corrected chi connectivity index (χ3v) is 8.80. The third-order valence-electron chi connectivity index (χ3n) is 8.80. The monoisotopic (exact) mass is 656 g/mol. The lowest BCUT2D eigenvalue weighted by molar-refractivity contribution is -0.112. The molecule has 12 heteroatoms. The van der Waals surface area contributed by atoms with E-state index in [1.54, 1.807) is 45.6 Å². The first-order chi connectivity index (χ1) is 22.4. The van der Waals surface area contributed by atoms with Gasteiger partial charge < -0.3 is 40.2 Å². The van der Waals surface area contributed by atoms with Crippen LogP contribution in [0.2, 0.25) is 0 Å². The molecule has 0 saturated carbocycles. The van der Waals surface area contributed by atoms with Crippen LogP contribution in [0.1, 0.15) is 52.5 Å². The van der Waals surface area contributed by atoms with Crippen molar-refractivity contribution in [3.63, 3.8) is 0 Å². The number of aliphatic imine (C=N–C) groups is 1. The third kappa shape index (κ3) is 10.4. The summed E-state index contributed by atoms with van der Waals surface area (Å²) in [7, 11) is 4.72. The van der Waals surface area contributed by atoms with Gasteiger partial charge in [-0.1, -0.05) is 38.2 Å². The van der Waals surface area contributed by atoms with Crippen LogP contribution in [0.3, 0.4) is 0 Å². The number of rotatable bonds is 7. The van der Waals surface area contributed by atoms with Gasteiger partial charge in [0.15, 0.2) is 6.10 Å². The molecule has 3 rings (SSSR count). The molecule has 2 amide bonds. The Balaban J connectivity index is 2.11. The molecule has 2 aliphatic rings. The fraction of sp³-hybridized carbons (Fsp3) is 0.571. The number of ether oxygens (including phenoxy) is 4. The molecule has 0 unspecified atom stereocenters. The number of phenols is 2. The second kappa shape index (κ2) is 18.0. The minimum absolute atomic E-state index is 0.0686. The number of nitrogens with one attached hydrogen (secondary N) is 1. The summed E-state index contributed by atoms with van der Waals surface area (Å²) in [5, 5.41) is 25.4. The van der Waals surface area contributed by atoms with E-state index in [9.17, 15) is 19.8 Å². The van der Waals surface area contributed by atoms with E-state index in [0.29, 0.717) is 36.1 Å². The molecule has 260 valence electrons. The van der Waals surface area contributed by atoms with Crippen molar-refractivity contribution in [2.45, 2.75) is 77.8 Å². The summed E-state index contributed by atoms with van der Waals surface area (Å²) in [6.45, 7) is 10.1. The number of methoxy groups -OCH3 is 3. The van der Waals surface area contributed by atoms with Crippen LogP contribution in [-0.2, 0) is 30.2 Å². The Morgan fingerprint density at radius 3 is 2.45 bits per heavy atom. The highest BCUT2D eigenvalue weighted by Gasteiger charge is 2.31. The van der Waals surface area contributed by atoms with Gasteiger partial charge >= 0.3 is 6.09 Å². The van der Waals surface area contributed by atoms with Gasteiger partial charge in [-0.3, -0.25) is 14.7 Å². The normalized spacial score (nSPS) is 27.0. The number of likely N-dealkylation sites (tertiary alicyclic amines) is 1. The number of aromatic hydroxyl groups is 2. The van der Waals surface area contributed by atoms with Crippen LogP contribution in [0.25, 0.3) is 0 Å². The molecule has 12 nitrogen and oxygen atoms in total. The van der Waals surface area contributed by atoms with Crippen LogP contribution in [0.4, 0.5) is 16.2 Å². The first-order valence-corrected chi connectivity index (χ1v) is 16.1. The smallest absolute Gasteiger partial charge is 0.405 e. The Hall–Kier alpha value is -3.71. The van der Waals surface area contributed by atoms with Crippen LogP contribution in [0, 0.1) is 11.8 Å². The summed E-state index contributed by atoms with van der Waals surface area (Å²) < 4.78 is 23.0. The molecule has 5 N–H and O–H groups in total. The Labute approximate surface area is 278 Å². The SMILES string of the molecule is CO[C@H]1[C@@H](OC)C[C@H](C)Cc2c(O)c(cc(O)c2N=CCN2CCCC2)NC(=O)C(C)=CC=C[C@H](OC)[C@@H](OC(N)=O)C(C)=C[C@@H]1C. The number of anilines is 1. The molecule has 6 atom stereocenters. The lowest BCUT2D eigenvalue weighted by Gasteiger charge is -2.32. The van der Waals surface area contributed by atoms with Gasteiger partial charge in [0.05, 0.1) is 17.9 Å².